The largest absolute Gasteiger partial charge is 0.381 e. The summed E-state index contributed by atoms with van der Waals surface area (Å²) < 4.78 is 13.5. The summed E-state index contributed by atoms with van der Waals surface area (Å²) in [7, 11) is 1.80. The van der Waals surface area contributed by atoms with E-state index in [1.54, 1.807) is 7.11 Å². The summed E-state index contributed by atoms with van der Waals surface area (Å²) >= 11 is 6.53. The summed E-state index contributed by atoms with van der Waals surface area (Å²) in [5.74, 6) is 1.86. The molecule has 204 valence electrons. The number of ether oxygens (including phenoxy) is 1. The maximum Gasteiger partial charge on any atom is 0.227 e. The van der Waals surface area contributed by atoms with Crippen LogP contribution in [0, 0.1) is 20.8 Å². The monoisotopic (exact) mass is 546 g/mol. The molecule has 0 spiro atoms. The standard InChI is InChI=1S/C31H35ClN4O3/c1-18-8-10-23(17-25(18)32)35-28(6-5-7-29(35)37)31-33-26-16-21(30-19(2)34-39-20(30)3)9-15-27(26)36(31)22-11-13-24(38-4)14-12-22/h8-10,15-17,22,24,28H,5-7,11-14H2,1-4H3/t22?,24?,28-/m0/s1. The van der Waals surface area contributed by atoms with E-state index in [9.17, 15) is 4.79 Å². The van der Waals surface area contributed by atoms with Crippen molar-refractivity contribution in [2.75, 3.05) is 12.0 Å². The van der Waals surface area contributed by atoms with Crippen LogP contribution >= 0.6 is 11.6 Å². The number of anilines is 1. The van der Waals surface area contributed by atoms with Gasteiger partial charge in [-0.05, 0) is 94.7 Å². The zero-order chi connectivity index (χ0) is 27.3. The highest BCUT2D eigenvalue weighted by molar-refractivity contribution is 6.31. The van der Waals surface area contributed by atoms with Crippen molar-refractivity contribution in [1.29, 1.82) is 0 Å². The van der Waals surface area contributed by atoms with Gasteiger partial charge in [0.15, 0.2) is 0 Å². The van der Waals surface area contributed by atoms with Gasteiger partial charge < -0.3 is 18.7 Å². The number of aromatic nitrogens is 3. The first kappa shape index (κ1) is 26.1. The molecule has 0 bridgehead atoms. The molecule has 2 aromatic carbocycles. The van der Waals surface area contributed by atoms with E-state index in [4.69, 9.17) is 25.8 Å². The summed E-state index contributed by atoms with van der Waals surface area (Å²) in [6.45, 7) is 5.89. The zero-order valence-corrected chi connectivity index (χ0v) is 23.8. The van der Waals surface area contributed by atoms with Gasteiger partial charge in [-0.2, -0.15) is 0 Å². The average Bonchev–Trinajstić information content (AvgIpc) is 3.48. The van der Waals surface area contributed by atoms with Crippen molar-refractivity contribution in [3.63, 3.8) is 0 Å². The Kier molecular flexibility index (Phi) is 6.98. The van der Waals surface area contributed by atoms with Gasteiger partial charge in [0.25, 0.3) is 0 Å². The Balaban J connectivity index is 1.50. The molecule has 0 unspecified atom stereocenters. The number of rotatable bonds is 5. The molecule has 7 nitrogen and oxygen atoms in total. The van der Waals surface area contributed by atoms with Gasteiger partial charge in [-0.1, -0.05) is 28.9 Å². The highest BCUT2D eigenvalue weighted by atomic mass is 35.5. The SMILES string of the molecule is COC1CCC(n2c([C@@H]3CCCC(=O)N3c3ccc(C)c(Cl)c3)nc3cc(-c4c(C)noc4C)ccc32)CC1. The lowest BCUT2D eigenvalue weighted by molar-refractivity contribution is -0.120. The van der Waals surface area contributed by atoms with Crippen LogP contribution in [0.4, 0.5) is 5.69 Å². The Hall–Kier alpha value is -3.16. The van der Waals surface area contributed by atoms with E-state index < -0.39 is 0 Å². The topological polar surface area (TPSA) is 73.4 Å². The number of carbonyl (C=O) groups is 1. The van der Waals surface area contributed by atoms with E-state index in [0.29, 0.717) is 23.6 Å². The summed E-state index contributed by atoms with van der Waals surface area (Å²) in [6.07, 6.45) is 6.56. The van der Waals surface area contributed by atoms with Crippen LogP contribution in [0.5, 0.6) is 0 Å². The summed E-state index contributed by atoms with van der Waals surface area (Å²) in [6, 6.07) is 12.5. The number of piperidine rings is 1. The van der Waals surface area contributed by atoms with Crippen LogP contribution < -0.4 is 4.90 Å². The number of nitrogens with zero attached hydrogens (tertiary/aromatic N) is 4. The molecule has 2 aromatic heterocycles. The first-order valence-corrected chi connectivity index (χ1v) is 14.3. The molecule has 4 aromatic rings. The lowest BCUT2D eigenvalue weighted by Gasteiger charge is -2.37. The average molecular weight is 547 g/mol. The molecule has 1 amide bonds. The molecule has 1 aliphatic heterocycles. The number of carbonyl (C=O) groups excluding carboxylic acids is 1. The number of benzene rings is 2. The van der Waals surface area contributed by atoms with Gasteiger partial charge in [-0.25, -0.2) is 4.98 Å². The van der Waals surface area contributed by atoms with E-state index in [2.05, 4.69) is 27.9 Å². The minimum atomic E-state index is -0.167. The normalized spacial score (nSPS) is 22.1. The molecule has 6 rings (SSSR count). The third kappa shape index (κ3) is 4.66. The number of fused-ring (bicyclic) bond motifs is 1. The predicted molar refractivity (Wildman–Crippen MR) is 153 cm³/mol. The summed E-state index contributed by atoms with van der Waals surface area (Å²) in [4.78, 5) is 20.7. The van der Waals surface area contributed by atoms with Gasteiger partial charge in [0, 0.05) is 35.8 Å². The molecular weight excluding hydrogens is 512 g/mol. The maximum absolute atomic E-state index is 13.5. The van der Waals surface area contributed by atoms with E-state index in [-0.39, 0.29) is 11.9 Å². The zero-order valence-electron chi connectivity index (χ0n) is 23.0. The van der Waals surface area contributed by atoms with E-state index in [1.165, 1.54) is 0 Å². The molecule has 0 radical (unpaired) electrons. The van der Waals surface area contributed by atoms with Crippen LogP contribution in [0.25, 0.3) is 22.2 Å². The molecule has 39 heavy (non-hydrogen) atoms. The minimum absolute atomic E-state index is 0.115. The van der Waals surface area contributed by atoms with Crippen LogP contribution in [-0.4, -0.2) is 33.8 Å². The summed E-state index contributed by atoms with van der Waals surface area (Å²) in [5, 5.41) is 4.82. The molecule has 1 atom stereocenters. The third-order valence-electron chi connectivity index (χ3n) is 8.56. The number of amides is 1. The van der Waals surface area contributed by atoms with E-state index in [1.807, 2.05) is 43.9 Å². The number of imidazole rings is 1. The van der Waals surface area contributed by atoms with Crippen molar-refractivity contribution in [2.24, 2.45) is 0 Å². The second kappa shape index (κ2) is 10.4. The highest BCUT2D eigenvalue weighted by Crippen LogP contribution is 2.42. The van der Waals surface area contributed by atoms with Gasteiger partial charge in [0.2, 0.25) is 5.91 Å². The van der Waals surface area contributed by atoms with Crippen LogP contribution in [0.3, 0.4) is 0 Å². The van der Waals surface area contributed by atoms with Crippen molar-refractivity contribution < 1.29 is 14.1 Å². The van der Waals surface area contributed by atoms with Crippen molar-refractivity contribution >= 4 is 34.2 Å². The van der Waals surface area contributed by atoms with Gasteiger partial charge in [0.1, 0.15) is 11.6 Å². The van der Waals surface area contributed by atoms with E-state index in [0.717, 1.165) is 89.2 Å². The lowest BCUT2D eigenvalue weighted by atomic mass is 9.91. The molecule has 1 saturated heterocycles. The lowest BCUT2D eigenvalue weighted by Crippen LogP contribution is -2.40. The van der Waals surface area contributed by atoms with Gasteiger partial charge in [0.05, 0.1) is 28.9 Å². The molecule has 0 N–H and O–H groups in total. The second-order valence-corrected chi connectivity index (χ2v) is 11.4. The van der Waals surface area contributed by atoms with Gasteiger partial charge >= 0.3 is 0 Å². The quantitative estimate of drug-likeness (QED) is 0.257. The smallest absolute Gasteiger partial charge is 0.227 e. The second-order valence-electron chi connectivity index (χ2n) is 11.0. The molecule has 1 saturated carbocycles. The molecular formula is C31H35ClN4O3. The van der Waals surface area contributed by atoms with Crippen LogP contribution in [0.1, 0.15) is 79.9 Å². The van der Waals surface area contributed by atoms with Crippen molar-refractivity contribution in [3.05, 3.63) is 64.3 Å². The van der Waals surface area contributed by atoms with Crippen LogP contribution in [0.15, 0.2) is 40.9 Å². The van der Waals surface area contributed by atoms with Crippen molar-refractivity contribution in [1.82, 2.24) is 14.7 Å². The fourth-order valence-corrected chi connectivity index (χ4v) is 6.67. The molecule has 1 aliphatic carbocycles. The number of hydrogen-bond donors (Lipinski definition) is 0. The predicted octanol–water partition coefficient (Wildman–Crippen LogP) is 7.66. The first-order chi connectivity index (χ1) is 18.9. The van der Waals surface area contributed by atoms with Crippen LogP contribution in [0.2, 0.25) is 5.02 Å². The minimum Gasteiger partial charge on any atom is -0.381 e. The van der Waals surface area contributed by atoms with Crippen LogP contribution in [-0.2, 0) is 9.53 Å². The van der Waals surface area contributed by atoms with Crippen molar-refractivity contribution in [2.45, 2.75) is 83.9 Å². The molecule has 2 fully saturated rings. The highest BCUT2D eigenvalue weighted by Gasteiger charge is 2.36. The number of aryl methyl sites for hydroxylation is 3. The van der Waals surface area contributed by atoms with Gasteiger partial charge in [-0.15, -0.1) is 0 Å². The Morgan fingerprint density at radius 2 is 1.82 bits per heavy atom. The number of hydrogen-bond acceptors (Lipinski definition) is 5. The molecule has 8 heteroatoms. The molecule has 2 aliphatic rings. The molecule has 3 heterocycles. The maximum atomic E-state index is 13.5. The van der Waals surface area contributed by atoms with E-state index >= 15 is 0 Å². The number of halogens is 1. The van der Waals surface area contributed by atoms with Gasteiger partial charge in [-0.3, -0.25) is 4.79 Å². The Labute approximate surface area is 234 Å². The Bertz CT molecular complexity index is 1510. The fourth-order valence-electron chi connectivity index (χ4n) is 6.50. The summed E-state index contributed by atoms with van der Waals surface area (Å²) in [5.41, 5.74) is 6.77. The van der Waals surface area contributed by atoms with Crippen molar-refractivity contribution in [3.8, 4) is 11.1 Å². The third-order valence-corrected chi connectivity index (χ3v) is 8.97. The first-order valence-electron chi connectivity index (χ1n) is 13.9. The fraction of sp³-hybridized carbons (Fsp3) is 0.452. The number of methoxy groups -OCH3 is 1. The Morgan fingerprint density at radius 1 is 1.03 bits per heavy atom. The Morgan fingerprint density at radius 3 is 2.51 bits per heavy atom.